The van der Waals surface area contributed by atoms with Gasteiger partial charge in [0.2, 0.25) is 0 Å². The van der Waals surface area contributed by atoms with E-state index in [2.05, 4.69) is 0 Å². The molecule has 4 heteroatoms. The summed E-state index contributed by atoms with van der Waals surface area (Å²) in [6, 6.07) is -0.775. The lowest BCUT2D eigenvalue weighted by atomic mass is 10.0. The number of aliphatic hydroxyl groups is 1. The van der Waals surface area contributed by atoms with Crippen molar-refractivity contribution in [3.05, 3.63) is 0 Å². The lowest BCUT2D eigenvalue weighted by Crippen LogP contribution is -2.44. The molecule has 0 aromatic rings. The van der Waals surface area contributed by atoms with Crippen LogP contribution < -0.4 is 11.5 Å². The molecule has 0 aliphatic heterocycles. The second-order valence-electron chi connectivity index (χ2n) is 2.72. The van der Waals surface area contributed by atoms with Crippen LogP contribution in [-0.4, -0.2) is 29.6 Å². The van der Waals surface area contributed by atoms with Gasteiger partial charge in [-0.1, -0.05) is 6.92 Å². The van der Waals surface area contributed by atoms with E-state index in [1.807, 2.05) is 6.92 Å². The van der Waals surface area contributed by atoms with Crippen LogP contribution in [0.2, 0.25) is 0 Å². The van der Waals surface area contributed by atoms with Gasteiger partial charge in [-0.05, 0) is 20.4 Å². The lowest BCUT2D eigenvalue weighted by Gasteiger charge is -2.19. The first-order valence-corrected chi connectivity index (χ1v) is 3.53. The van der Waals surface area contributed by atoms with E-state index in [-0.39, 0.29) is 0 Å². The van der Waals surface area contributed by atoms with Crippen molar-refractivity contribution in [2.75, 3.05) is 6.54 Å². The van der Waals surface area contributed by atoms with Crippen molar-refractivity contribution < 1.29 is 9.90 Å². The van der Waals surface area contributed by atoms with Crippen LogP contribution in [0.3, 0.4) is 0 Å². The highest BCUT2D eigenvalue weighted by molar-refractivity contribution is 5.59. The van der Waals surface area contributed by atoms with E-state index in [4.69, 9.17) is 16.6 Å². The third-order valence-electron chi connectivity index (χ3n) is 0.962. The normalized spacial score (nSPS) is 12.9. The van der Waals surface area contributed by atoms with Crippen molar-refractivity contribution in [3.63, 3.8) is 0 Å². The summed E-state index contributed by atoms with van der Waals surface area (Å²) >= 11 is 0. The number of rotatable bonds is 2. The Morgan fingerprint density at radius 2 is 1.91 bits per heavy atom. The van der Waals surface area contributed by atoms with Gasteiger partial charge in [0, 0.05) is 0 Å². The van der Waals surface area contributed by atoms with E-state index in [9.17, 15) is 4.79 Å². The van der Waals surface area contributed by atoms with Crippen LogP contribution in [0, 0.1) is 0 Å². The molecule has 0 heterocycles. The first kappa shape index (κ1) is 13.2. The van der Waals surface area contributed by atoms with Gasteiger partial charge >= 0.3 is 0 Å². The van der Waals surface area contributed by atoms with E-state index in [0.29, 0.717) is 6.29 Å². The largest absolute Gasteiger partial charge is 0.388 e. The molecule has 0 aromatic carbocycles. The fourth-order valence-corrected chi connectivity index (χ4v) is 0.167. The molecule has 1 atom stereocenters. The Labute approximate surface area is 67.6 Å². The predicted molar refractivity (Wildman–Crippen MR) is 45.1 cm³/mol. The topological polar surface area (TPSA) is 89.3 Å². The third kappa shape index (κ3) is 9.55. The summed E-state index contributed by atoms with van der Waals surface area (Å²) < 4.78 is 0. The van der Waals surface area contributed by atoms with Crippen molar-refractivity contribution in [2.45, 2.75) is 32.4 Å². The Kier molecular flexibility index (Phi) is 7.51. The quantitative estimate of drug-likeness (QED) is 0.466. The molecule has 11 heavy (non-hydrogen) atoms. The van der Waals surface area contributed by atoms with Gasteiger partial charge in [-0.3, -0.25) is 0 Å². The number of hydrogen-bond acceptors (Lipinski definition) is 4. The Bertz CT molecular complexity index is 99.1. The highest BCUT2D eigenvalue weighted by Gasteiger charge is 2.21. The summed E-state index contributed by atoms with van der Waals surface area (Å²) in [5.74, 6) is 0. The molecule has 0 aliphatic rings. The van der Waals surface area contributed by atoms with Crippen LogP contribution in [0.4, 0.5) is 0 Å². The van der Waals surface area contributed by atoms with Gasteiger partial charge in [-0.15, -0.1) is 0 Å². The molecule has 0 fully saturated rings. The lowest BCUT2D eigenvalue weighted by molar-refractivity contribution is -0.113. The van der Waals surface area contributed by atoms with Gasteiger partial charge in [-0.25, -0.2) is 0 Å². The molecule has 4 nitrogen and oxygen atoms in total. The molecule has 0 saturated heterocycles. The summed E-state index contributed by atoms with van der Waals surface area (Å²) in [5, 5.41) is 8.93. The smallest absolute Gasteiger partial charge is 0.139 e. The van der Waals surface area contributed by atoms with Crippen molar-refractivity contribution in [3.8, 4) is 0 Å². The number of aldehydes is 1. The number of carbonyl (C=O) groups is 1. The molecule has 0 spiro atoms. The minimum atomic E-state index is -1.08. The first-order valence-electron chi connectivity index (χ1n) is 3.53. The predicted octanol–water partition coefficient (Wildman–Crippen LogP) is -0.751. The molecule has 5 N–H and O–H groups in total. The molecule has 0 aliphatic carbocycles. The van der Waals surface area contributed by atoms with Gasteiger partial charge in [0.15, 0.2) is 0 Å². The molecule has 0 radical (unpaired) electrons. The van der Waals surface area contributed by atoms with Crippen LogP contribution in [0.25, 0.3) is 0 Å². The standard InChI is InChI=1S/C5H11NO2.C2H7N/c1-5(2,8)4(6)3-7;1-2-3/h3-4,8H,6H2,1-2H3;2-3H2,1H3. The summed E-state index contributed by atoms with van der Waals surface area (Å²) in [6.45, 7) is 5.64. The fraction of sp³-hybridized carbons (Fsp3) is 0.857. The van der Waals surface area contributed by atoms with E-state index in [1.54, 1.807) is 0 Å². The van der Waals surface area contributed by atoms with Crippen molar-refractivity contribution in [2.24, 2.45) is 11.5 Å². The number of nitrogens with two attached hydrogens (primary N) is 2. The molecule has 1 unspecified atom stereocenters. The molecular formula is C7H18N2O2. The first-order chi connectivity index (χ1) is 4.90. The summed E-state index contributed by atoms with van der Waals surface area (Å²) in [5.41, 5.74) is 8.90. The molecule has 68 valence electrons. The molecule has 0 saturated carbocycles. The molecule has 0 bridgehead atoms. The zero-order chi connectivity index (χ0) is 9.49. The summed E-state index contributed by atoms with van der Waals surface area (Å²) in [4.78, 5) is 9.87. The zero-order valence-electron chi connectivity index (χ0n) is 7.37. The van der Waals surface area contributed by atoms with E-state index in [1.165, 1.54) is 13.8 Å². The van der Waals surface area contributed by atoms with Gasteiger partial charge < -0.3 is 21.4 Å². The molecular weight excluding hydrogens is 144 g/mol. The summed E-state index contributed by atoms with van der Waals surface area (Å²) in [7, 11) is 0. The minimum Gasteiger partial charge on any atom is -0.388 e. The SMILES string of the molecule is CC(C)(O)C(N)C=O.CCN. The number of hydrogen-bond donors (Lipinski definition) is 3. The Morgan fingerprint density at radius 1 is 1.64 bits per heavy atom. The monoisotopic (exact) mass is 162 g/mol. The number of carbonyl (C=O) groups excluding carboxylic acids is 1. The van der Waals surface area contributed by atoms with Gasteiger partial charge in [0.25, 0.3) is 0 Å². The van der Waals surface area contributed by atoms with Crippen LogP contribution in [0.15, 0.2) is 0 Å². The Morgan fingerprint density at radius 3 is 1.91 bits per heavy atom. The van der Waals surface area contributed by atoms with Crippen molar-refractivity contribution in [1.82, 2.24) is 0 Å². The third-order valence-corrected chi connectivity index (χ3v) is 0.962. The zero-order valence-corrected chi connectivity index (χ0v) is 7.37. The van der Waals surface area contributed by atoms with Crippen LogP contribution in [-0.2, 0) is 4.79 Å². The second-order valence-corrected chi connectivity index (χ2v) is 2.72. The highest BCUT2D eigenvalue weighted by Crippen LogP contribution is 2.02. The van der Waals surface area contributed by atoms with E-state index in [0.717, 1.165) is 6.54 Å². The van der Waals surface area contributed by atoms with Gasteiger partial charge in [0.05, 0.1) is 11.6 Å². The Balaban J connectivity index is 0. The Hall–Kier alpha value is -0.450. The van der Waals surface area contributed by atoms with Crippen molar-refractivity contribution in [1.29, 1.82) is 0 Å². The average molecular weight is 162 g/mol. The maximum atomic E-state index is 9.87. The molecule has 0 amide bonds. The van der Waals surface area contributed by atoms with Crippen LogP contribution in [0.5, 0.6) is 0 Å². The highest BCUT2D eigenvalue weighted by atomic mass is 16.3. The maximum Gasteiger partial charge on any atom is 0.139 e. The molecule has 0 aromatic heterocycles. The maximum absolute atomic E-state index is 9.87. The fourth-order valence-electron chi connectivity index (χ4n) is 0.167. The second kappa shape index (κ2) is 6.27. The summed E-state index contributed by atoms with van der Waals surface area (Å²) in [6.07, 6.45) is 0.528. The van der Waals surface area contributed by atoms with E-state index < -0.39 is 11.6 Å². The van der Waals surface area contributed by atoms with Crippen LogP contribution >= 0.6 is 0 Å². The van der Waals surface area contributed by atoms with Crippen LogP contribution in [0.1, 0.15) is 20.8 Å². The molecule has 0 rings (SSSR count). The minimum absolute atomic E-state index is 0.528. The average Bonchev–Trinajstić information content (AvgIpc) is 1.86. The van der Waals surface area contributed by atoms with Crippen molar-refractivity contribution >= 4 is 6.29 Å². The van der Waals surface area contributed by atoms with Gasteiger partial charge in [0.1, 0.15) is 6.29 Å². The van der Waals surface area contributed by atoms with E-state index >= 15 is 0 Å². The van der Waals surface area contributed by atoms with Gasteiger partial charge in [-0.2, -0.15) is 0 Å².